The number of carbonyl (C=O) groups excluding carboxylic acids is 2. The van der Waals surface area contributed by atoms with Crippen LogP contribution in [0, 0.1) is 12.7 Å². The molecule has 0 unspecified atom stereocenters. The number of nitrogens with one attached hydrogen (secondary N) is 1. The Labute approximate surface area is 269 Å². The highest BCUT2D eigenvalue weighted by Crippen LogP contribution is 2.27. The Morgan fingerprint density at radius 3 is 2.18 bits per heavy atom. The Kier molecular flexibility index (Phi) is 11.4. The molecule has 236 valence electrons. The third-order valence-electron chi connectivity index (χ3n) is 7.51. The molecular weight excluding hydrogens is 613 g/mol. The van der Waals surface area contributed by atoms with E-state index < -0.39 is 34.3 Å². The molecule has 4 rings (SSSR count). The van der Waals surface area contributed by atoms with Crippen LogP contribution in [0.5, 0.6) is 0 Å². The van der Waals surface area contributed by atoms with E-state index in [0.717, 1.165) is 15.4 Å². The quantitative estimate of drug-likeness (QED) is 0.178. The van der Waals surface area contributed by atoms with Crippen LogP contribution < -0.4 is 9.62 Å². The zero-order chi connectivity index (χ0) is 32.6. The van der Waals surface area contributed by atoms with Crippen molar-refractivity contribution in [1.82, 2.24) is 10.2 Å². The summed E-state index contributed by atoms with van der Waals surface area (Å²) in [5.41, 5.74) is 2.50. The predicted molar refractivity (Wildman–Crippen MR) is 176 cm³/mol. The summed E-state index contributed by atoms with van der Waals surface area (Å²) in [6.45, 7) is 5.01. The van der Waals surface area contributed by atoms with Crippen molar-refractivity contribution in [2.75, 3.05) is 10.8 Å². The average Bonchev–Trinajstić information content (AvgIpc) is 3.02. The zero-order valence-corrected chi connectivity index (χ0v) is 27.1. The first-order chi connectivity index (χ1) is 21.5. The van der Waals surface area contributed by atoms with Gasteiger partial charge in [-0.05, 0) is 85.5 Å². The van der Waals surface area contributed by atoms with Gasteiger partial charge in [-0.25, -0.2) is 12.8 Å². The number of aryl methyl sites for hydroxylation is 1. The Bertz CT molecular complexity index is 1700. The van der Waals surface area contributed by atoms with E-state index in [-0.39, 0.29) is 29.8 Å². The van der Waals surface area contributed by atoms with Gasteiger partial charge < -0.3 is 10.2 Å². The average molecular weight is 650 g/mol. The number of amides is 2. The molecule has 0 saturated heterocycles. The molecule has 0 aliphatic rings. The summed E-state index contributed by atoms with van der Waals surface area (Å²) in [6, 6.07) is 26.4. The number of carbonyl (C=O) groups is 2. The van der Waals surface area contributed by atoms with E-state index in [0.29, 0.717) is 22.7 Å². The van der Waals surface area contributed by atoms with Crippen molar-refractivity contribution in [2.45, 2.75) is 57.1 Å². The number of hydrogen-bond acceptors (Lipinski definition) is 4. The van der Waals surface area contributed by atoms with Crippen molar-refractivity contribution < 1.29 is 22.4 Å². The van der Waals surface area contributed by atoms with Crippen LogP contribution in [0.25, 0.3) is 0 Å². The van der Waals surface area contributed by atoms with Gasteiger partial charge in [0.25, 0.3) is 10.0 Å². The van der Waals surface area contributed by atoms with Crippen LogP contribution in [-0.4, -0.2) is 43.8 Å². The molecule has 0 aliphatic carbocycles. The highest BCUT2D eigenvalue weighted by molar-refractivity contribution is 7.92. The molecular formula is C35H37ClFN3O4S. The van der Waals surface area contributed by atoms with Crippen LogP contribution in [-0.2, 0) is 32.6 Å². The highest BCUT2D eigenvalue weighted by Gasteiger charge is 2.35. The standard InChI is InChI=1S/C35H37ClFN3O4S/c1-4-26(3)38-35(42)33(22-27-10-6-5-7-11-27)39(23-28-13-17-30(37)18-14-28)34(41)24-40(31-12-8-9-25(2)21-31)45(43,44)32-19-15-29(36)16-20-32/h5-21,26,33H,4,22-24H2,1-3H3,(H,38,42)/t26-,33-/m0/s1. The van der Waals surface area contributed by atoms with Crippen LogP contribution >= 0.6 is 11.6 Å². The van der Waals surface area contributed by atoms with E-state index in [1.54, 1.807) is 30.3 Å². The van der Waals surface area contributed by atoms with E-state index in [1.807, 2.05) is 57.2 Å². The first-order valence-electron chi connectivity index (χ1n) is 14.7. The molecule has 45 heavy (non-hydrogen) atoms. The van der Waals surface area contributed by atoms with Gasteiger partial charge in [0, 0.05) is 24.0 Å². The summed E-state index contributed by atoms with van der Waals surface area (Å²) in [5, 5.41) is 3.37. The van der Waals surface area contributed by atoms with Crippen molar-refractivity contribution >= 4 is 39.1 Å². The smallest absolute Gasteiger partial charge is 0.264 e. The molecule has 0 aromatic heterocycles. The molecule has 1 N–H and O–H groups in total. The Balaban J connectivity index is 1.80. The molecule has 4 aromatic rings. The molecule has 0 aliphatic heterocycles. The Hall–Kier alpha value is -4.21. The number of sulfonamides is 1. The van der Waals surface area contributed by atoms with Crippen molar-refractivity contribution in [3.05, 3.63) is 131 Å². The van der Waals surface area contributed by atoms with Crippen molar-refractivity contribution in [3.63, 3.8) is 0 Å². The minimum absolute atomic E-state index is 0.0401. The monoisotopic (exact) mass is 649 g/mol. The molecule has 2 amide bonds. The van der Waals surface area contributed by atoms with Crippen LogP contribution in [0.3, 0.4) is 0 Å². The molecule has 0 fully saturated rings. The molecule has 0 heterocycles. The Morgan fingerprint density at radius 2 is 1.56 bits per heavy atom. The summed E-state index contributed by atoms with van der Waals surface area (Å²) in [4.78, 5) is 29.6. The van der Waals surface area contributed by atoms with Crippen LogP contribution in [0.1, 0.15) is 37.0 Å². The van der Waals surface area contributed by atoms with E-state index in [9.17, 15) is 22.4 Å². The molecule has 7 nitrogen and oxygen atoms in total. The lowest BCUT2D eigenvalue weighted by atomic mass is 10.0. The van der Waals surface area contributed by atoms with Gasteiger partial charge >= 0.3 is 0 Å². The summed E-state index contributed by atoms with van der Waals surface area (Å²) < 4.78 is 43.0. The number of rotatable bonds is 13. The summed E-state index contributed by atoms with van der Waals surface area (Å²) in [6.07, 6.45) is 0.862. The van der Waals surface area contributed by atoms with E-state index in [1.165, 1.54) is 41.3 Å². The van der Waals surface area contributed by atoms with Crippen LogP contribution in [0.15, 0.2) is 108 Å². The van der Waals surface area contributed by atoms with Gasteiger partial charge in [-0.2, -0.15) is 0 Å². The van der Waals surface area contributed by atoms with Crippen molar-refractivity contribution in [3.8, 4) is 0 Å². The van der Waals surface area contributed by atoms with E-state index >= 15 is 0 Å². The molecule has 10 heteroatoms. The lowest BCUT2D eigenvalue weighted by Crippen LogP contribution is -2.54. The molecule has 0 saturated carbocycles. The number of nitrogens with zero attached hydrogens (tertiary/aromatic N) is 2. The molecule has 0 spiro atoms. The van der Waals surface area contributed by atoms with Gasteiger partial charge in [0.1, 0.15) is 18.4 Å². The van der Waals surface area contributed by atoms with Crippen LogP contribution in [0.4, 0.5) is 10.1 Å². The minimum Gasteiger partial charge on any atom is -0.352 e. The topological polar surface area (TPSA) is 86.8 Å². The number of anilines is 1. The van der Waals surface area contributed by atoms with E-state index in [4.69, 9.17) is 11.6 Å². The third kappa shape index (κ3) is 8.93. The normalized spacial score (nSPS) is 12.6. The number of benzene rings is 4. The first-order valence-corrected chi connectivity index (χ1v) is 16.5. The van der Waals surface area contributed by atoms with Gasteiger partial charge in [0.15, 0.2) is 0 Å². The lowest BCUT2D eigenvalue weighted by molar-refractivity contribution is -0.140. The second-order valence-corrected chi connectivity index (χ2v) is 13.3. The second kappa shape index (κ2) is 15.2. The fraction of sp³-hybridized carbons (Fsp3) is 0.257. The maximum atomic E-state index is 14.5. The number of hydrogen-bond donors (Lipinski definition) is 1. The third-order valence-corrected chi connectivity index (χ3v) is 9.55. The van der Waals surface area contributed by atoms with Gasteiger partial charge in [-0.3, -0.25) is 13.9 Å². The van der Waals surface area contributed by atoms with Crippen molar-refractivity contribution in [2.24, 2.45) is 0 Å². The molecule has 2 atom stereocenters. The van der Waals surface area contributed by atoms with Gasteiger partial charge in [0.05, 0.1) is 10.6 Å². The van der Waals surface area contributed by atoms with E-state index in [2.05, 4.69) is 5.32 Å². The molecule has 0 radical (unpaired) electrons. The second-order valence-electron chi connectivity index (χ2n) is 11.0. The fourth-order valence-corrected chi connectivity index (χ4v) is 6.36. The summed E-state index contributed by atoms with van der Waals surface area (Å²) in [7, 11) is -4.25. The van der Waals surface area contributed by atoms with Crippen LogP contribution in [0.2, 0.25) is 5.02 Å². The molecule has 4 aromatic carbocycles. The fourth-order valence-electron chi connectivity index (χ4n) is 4.83. The maximum absolute atomic E-state index is 14.5. The van der Waals surface area contributed by atoms with Gasteiger partial charge in [0.2, 0.25) is 11.8 Å². The Morgan fingerprint density at radius 1 is 0.889 bits per heavy atom. The zero-order valence-electron chi connectivity index (χ0n) is 25.5. The minimum atomic E-state index is -4.25. The summed E-state index contributed by atoms with van der Waals surface area (Å²) >= 11 is 6.04. The number of halogens is 2. The maximum Gasteiger partial charge on any atom is 0.264 e. The summed E-state index contributed by atoms with van der Waals surface area (Å²) in [5.74, 6) is -1.41. The SMILES string of the molecule is CC[C@H](C)NC(=O)[C@H](Cc1ccccc1)N(Cc1ccc(F)cc1)C(=O)CN(c1cccc(C)c1)S(=O)(=O)c1ccc(Cl)cc1. The van der Waals surface area contributed by atoms with Crippen molar-refractivity contribution in [1.29, 1.82) is 0 Å². The van der Waals surface area contributed by atoms with Gasteiger partial charge in [-0.15, -0.1) is 0 Å². The largest absolute Gasteiger partial charge is 0.352 e. The highest BCUT2D eigenvalue weighted by atomic mass is 35.5. The first kappa shape index (κ1) is 33.7. The molecule has 0 bridgehead atoms. The predicted octanol–water partition coefficient (Wildman–Crippen LogP) is 6.54. The van der Waals surface area contributed by atoms with Gasteiger partial charge in [-0.1, -0.05) is 73.1 Å². The lowest BCUT2D eigenvalue weighted by Gasteiger charge is -2.34.